The standard InChI is InChI=1S/C17H19N3O4/c1-11(12-5-6-14-15(8-12)24-10-23-14)20-17(21)19-9-13-4-3-7-18-16(13)22-2/h3-8,11H,9-10H2,1-2H3,(H2,19,20,21)/t11-/m1/s1. The molecule has 0 aliphatic carbocycles. The molecule has 2 aromatic rings. The molecule has 7 heteroatoms. The molecule has 1 aliphatic rings. The third kappa shape index (κ3) is 3.51. The number of carbonyl (C=O) groups excluding carboxylic acids is 1. The molecule has 3 rings (SSSR count). The molecule has 0 radical (unpaired) electrons. The van der Waals surface area contributed by atoms with Gasteiger partial charge < -0.3 is 24.8 Å². The van der Waals surface area contributed by atoms with E-state index in [1.165, 1.54) is 0 Å². The van der Waals surface area contributed by atoms with Gasteiger partial charge >= 0.3 is 6.03 Å². The molecule has 126 valence electrons. The Morgan fingerprint density at radius 1 is 1.33 bits per heavy atom. The molecule has 0 bridgehead atoms. The first kappa shape index (κ1) is 15.9. The van der Waals surface area contributed by atoms with E-state index in [9.17, 15) is 4.79 Å². The number of nitrogens with one attached hydrogen (secondary N) is 2. The van der Waals surface area contributed by atoms with Crippen LogP contribution in [0.15, 0.2) is 36.5 Å². The lowest BCUT2D eigenvalue weighted by Crippen LogP contribution is -2.36. The summed E-state index contributed by atoms with van der Waals surface area (Å²) in [4.78, 5) is 16.2. The van der Waals surface area contributed by atoms with Crippen molar-refractivity contribution in [3.8, 4) is 17.4 Å². The number of carbonyl (C=O) groups is 1. The maximum Gasteiger partial charge on any atom is 0.315 e. The first-order chi connectivity index (χ1) is 11.7. The third-order valence-electron chi connectivity index (χ3n) is 3.73. The summed E-state index contributed by atoms with van der Waals surface area (Å²) >= 11 is 0. The van der Waals surface area contributed by atoms with E-state index in [4.69, 9.17) is 14.2 Å². The van der Waals surface area contributed by atoms with E-state index in [1.54, 1.807) is 19.4 Å². The number of ether oxygens (including phenoxy) is 3. The van der Waals surface area contributed by atoms with Crippen LogP contribution in [0, 0.1) is 0 Å². The second-order valence-corrected chi connectivity index (χ2v) is 5.33. The number of urea groups is 1. The van der Waals surface area contributed by atoms with E-state index in [2.05, 4.69) is 15.6 Å². The van der Waals surface area contributed by atoms with Gasteiger partial charge in [-0.3, -0.25) is 0 Å². The molecule has 1 aromatic heterocycles. The van der Waals surface area contributed by atoms with Crippen molar-refractivity contribution < 1.29 is 19.0 Å². The Bertz CT molecular complexity index is 736. The molecule has 2 amide bonds. The fourth-order valence-electron chi connectivity index (χ4n) is 2.43. The van der Waals surface area contributed by atoms with Crippen molar-refractivity contribution in [2.75, 3.05) is 13.9 Å². The summed E-state index contributed by atoms with van der Waals surface area (Å²) in [5.74, 6) is 1.92. The Morgan fingerprint density at radius 2 is 2.17 bits per heavy atom. The van der Waals surface area contributed by atoms with E-state index in [0.717, 1.165) is 16.9 Å². The zero-order valence-corrected chi connectivity index (χ0v) is 13.5. The van der Waals surface area contributed by atoms with E-state index in [-0.39, 0.29) is 18.9 Å². The van der Waals surface area contributed by atoms with Gasteiger partial charge in [-0.25, -0.2) is 9.78 Å². The molecule has 0 saturated carbocycles. The van der Waals surface area contributed by atoms with Gasteiger partial charge in [0.1, 0.15) is 0 Å². The van der Waals surface area contributed by atoms with Crippen molar-refractivity contribution >= 4 is 6.03 Å². The van der Waals surface area contributed by atoms with Crippen LogP contribution in [0.1, 0.15) is 24.1 Å². The van der Waals surface area contributed by atoms with Gasteiger partial charge in [-0.1, -0.05) is 12.1 Å². The average Bonchev–Trinajstić information content (AvgIpc) is 3.07. The number of rotatable bonds is 5. The summed E-state index contributed by atoms with van der Waals surface area (Å²) in [5, 5.41) is 5.69. The van der Waals surface area contributed by atoms with Crippen LogP contribution in [0.5, 0.6) is 17.4 Å². The third-order valence-corrected chi connectivity index (χ3v) is 3.73. The molecule has 24 heavy (non-hydrogen) atoms. The first-order valence-corrected chi connectivity index (χ1v) is 7.59. The highest BCUT2D eigenvalue weighted by molar-refractivity contribution is 5.74. The minimum Gasteiger partial charge on any atom is -0.481 e. The van der Waals surface area contributed by atoms with Gasteiger partial charge in [-0.2, -0.15) is 0 Å². The Hall–Kier alpha value is -2.96. The number of pyridine rings is 1. The summed E-state index contributed by atoms with van der Waals surface area (Å²) < 4.78 is 15.8. The van der Waals surface area contributed by atoms with Crippen LogP contribution in [0.3, 0.4) is 0 Å². The minimum atomic E-state index is -0.272. The number of hydrogen-bond acceptors (Lipinski definition) is 5. The van der Waals surface area contributed by atoms with Crippen LogP contribution in [0.2, 0.25) is 0 Å². The monoisotopic (exact) mass is 329 g/mol. The van der Waals surface area contributed by atoms with E-state index in [1.807, 2.05) is 31.2 Å². The van der Waals surface area contributed by atoms with Crippen molar-refractivity contribution in [1.29, 1.82) is 0 Å². The molecule has 0 fully saturated rings. The number of amides is 2. The molecule has 2 heterocycles. The summed E-state index contributed by atoms with van der Waals surface area (Å²) in [5.41, 5.74) is 1.75. The van der Waals surface area contributed by atoms with Crippen LogP contribution in [-0.2, 0) is 6.54 Å². The Labute approximate surface area is 139 Å². The average molecular weight is 329 g/mol. The molecule has 0 spiro atoms. The van der Waals surface area contributed by atoms with Gasteiger partial charge in [-0.05, 0) is 30.7 Å². The Kier molecular flexibility index (Phi) is 4.69. The van der Waals surface area contributed by atoms with Crippen LogP contribution in [0.25, 0.3) is 0 Å². The van der Waals surface area contributed by atoms with E-state index >= 15 is 0 Å². The van der Waals surface area contributed by atoms with Crippen molar-refractivity contribution in [3.63, 3.8) is 0 Å². The highest BCUT2D eigenvalue weighted by Gasteiger charge is 2.17. The van der Waals surface area contributed by atoms with Gasteiger partial charge in [-0.15, -0.1) is 0 Å². The molecular formula is C17H19N3O4. The van der Waals surface area contributed by atoms with Crippen molar-refractivity contribution in [1.82, 2.24) is 15.6 Å². The highest BCUT2D eigenvalue weighted by Crippen LogP contribution is 2.34. The van der Waals surface area contributed by atoms with Gasteiger partial charge in [0.25, 0.3) is 0 Å². The molecule has 0 saturated heterocycles. The number of fused-ring (bicyclic) bond motifs is 1. The zero-order chi connectivity index (χ0) is 16.9. The number of hydrogen-bond donors (Lipinski definition) is 2. The predicted molar refractivity (Wildman–Crippen MR) is 87.1 cm³/mol. The van der Waals surface area contributed by atoms with Gasteiger partial charge in [0.05, 0.1) is 13.2 Å². The largest absolute Gasteiger partial charge is 0.481 e. The predicted octanol–water partition coefficient (Wildman–Crippen LogP) is 2.38. The number of methoxy groups -OCH3 is 1. The van der Waals surface area contributed by atoms with Crippen LogP contribution in [0.4, 0.5) is 4.79 Å². The lowest BCUT2D eigenvalue weighted by atomic mass is 10.1. The molecule has 2 N–H and O–H groups in total. The molecular weight excluding hydrogens is 310 g/mol. The smallest absolute Gasteiger partial charge is 0.315 e. The van der Waals surface area contributed by atoms with E-state index in [0.29, 0.717) is 18.2 Å². The summed E-state index contributed by atoms with van der Waals surface area (Å²) in [6, 6.07) is 8.83. The maximum atomic E-state index is 12.1. The second kappa shape index (κ2) is 7.08. The summed E-state index contributed by atoms with van der Waals surface area (Å²) in [6.45, 7) is 2.46. The zero-order valence-electron chi connectivity index (χ0n) is 13.5. The van der Waals surface area contributed by atoms with Gasteiger partial charge in [0.2, 0.25) is 12.7 Å². The normalized spacial score (nSPS) is 13.2. The second-order valence-electron chi connectivity index (χ2n) is 5.33. The van der Waals surface area contributed by atoms with Gasteiger partial charge in [0.15, 0.2) is 11.5 Å². The molecule has 1 atom stereocenters. The molecule has 7 nitrogen and oxygen atoms in total. The lowest BCUT2D eigenvalue weighted by Gasteiger charge is -2.16. The molecule has 1 aromatic carbocycles. The maximum absolute atomic E-state index is 12.1. The minimum absolute atomic E-state index is 0.171. The molecule has 0 unspecified atom stereocenters. The SMILES string of the molecule is COc1ncccc1CNC(=O)N[C@H](C)c1ccc2c(c1)OCO2. The first-order valence-electron chi connectivity index (χ1n) is 7.59. The van der Waals surface area contributed by atoms with Crippen LogP contribution < -0.4 is 24.8 Å². The number of aromatic nitrogens is 1. The van der Waals surface area contributed by atoms with Crippen molar-refractivity contribution in [2.24, 2.45) is 0 Å². The fraction of sp³-hybridized carbons (Fsp3) is 0.294. The Morgan fingerprint density at radius 3 is 3.00 bits per heavy atom. The summed E-state index contributed by atoms with van der Waals surface area (Å²) in [6.07, 6.45) is 1.64. The molecule has 1 aliphatic heterocycles. The van der Waals surface area contributed by atoms with Crippen molar-refractivity contribution in [3.05, 3.63) is 47.7 Å². The van der Waals surface area contributed by atoms with E-state index < -0.39 is 0 Å². The topological polar surface area (TPSA) is 81.7 Å². The quantitative estimate of drug-likeness (QED) is 0.880. The summed E-state index contributed by atoms with van der Waals surface area (Å²) in [7, 11) is 1.55. The van der Waals surface area contributed by atoms with Crippen LogP contribution >= 0.6 is 0 Å². The van der Waals surface area contributed by atoms with Crippen molar-refractivity contribution in [2.45, 2.75) is 19.5 Å². The lowest BCUT2D eigenvalue weighted by molar-refractivity contribution is 0.174. The fourth-order valence-corrected chi connectivity index (χ4v) is 2.43. The Balaban J connectivity index is 1.56. The van der Waals surface area contributed by atoms with Gasteiger partial charge in [0, 0.05) is 18.3 Å². The highest BCUT2D eigenvalue weighted by atomic mass is 16.7. The number of benzene rings is 1. The van der Waals surface area contributed by atoms with Crippen LogP contribution in [-0.4, -0.2) is 24.9 Å². The number of nitrogens with zero attached hydrogens (tertiary/aromatic N) is 1.